The Balaban J connectivity index is 1.73. The van der Waals surface area contributed by atoms with Gasteiger partial charge in [-0.1, -0.05) is 44.4 Å². The maximum atomic E-state index is 12.8. The predicted molar refractivity (Wildman–Crippen MR) is 124 cm³/mol. The highest BCUT2D eigenvalue weighted by atomic mass is 16.5. The van der Waals surface area contributed by atoms with Crippen molar-refractivity contribution in [3.05, 3.63) is 53.9 Å². The lowest BCUT2D eigenvalue weighted by atomic mass is 10.1. The van der Waals surface area contributed by atoms with E-state index in [1.807, 2.05) is 43.3 Å². The van der Waals surface area contributed by atoms with Crippen LogP contribution in [0.3, 0.4) is 0 Å². The Labute approximate surface area is 184 Å². The molecular weight excluding hydrogens is 390 g/mol. The van der Waals surface area contributed by atoms with Gasteiger partial charge < -0.3 is 19.4 Å². The average molecular weight is 424 g/mol. The third-order valence-electron chi connectivity index (χ3n) is 5.50. The number of imidazole rings is 1. The summed E-state index contributed by atoms with van der Waals surface area (Å²) in [4.78, 5) is 17.6. The van der Waals surface area contributed by atoms with Crippen molar-refractivity contribution < 1.29 is 14.3 Å². The van der Waals surface area contributed by atoms with Crippen LogP contribution in [0.5, 0.6) is 11.5 Å². The van der Waals surface area contributed by atoms with Crippen molar-refractivity contribution in [2.45, 2.75) is 58.5 Å². The van der Waals surface area contributed by atoms with Crippen LogP contribution < -0.4 is 14.8 Å². The number of unbranched alkanes of at least 4 members (excludes halogenated alkanes) is 3. The molecule has 1 heterocycles. The van der Waals surface area contributed by atoms with E-state index < -0.39 is 0 Å². The molecule has 31 heavy (non-hydrogen) atoms. The first-order chi connectivity index (χ1) is 15.1. The first-order valence-electron chi connectivity index (χ1n) is 11.0. The van der Waals surface area contributed by atoms with Crippen molar-refractivity contribution in [1.29, 1.82) is 0 Å². The van der Waals surface area contributed by atoms with Gasteiger partial charge in [0.15, 0.2) is 11.5 Å². The summed E-state index contributed by atoms with van der Waals surface area (Å²) >= 11 is 0. The number of nitrogens with zero attached hydrogens (tertiary/aromatic N) is 2. The van der Waals surface area contributed by atoms with Gasteiger partial charge in [-0.25, -0.2) is 4.98 Å². The van der Waals surface area contributed by atoms with Crippen LogP contribution in [0.4, 0.5) is 0 Å². The number of aromatic nitrogens is 2. The molecule has 0 aliphatic carbocycles. The van der Waals surface area contributed by atoms with Gasteiger partial charge in [0.25, 0.3) is 0 Å². The average Bonchev–Trinajstić information content (AvgIpc) is 3.15. The second-order valence-electron chi connectivity index (χ2n) is 7.83. The predicted octanol–water partition coefficient (Wildman–Crippen LogP) is 5.05. The smallest absolute Gasteiger partial charge is 0.224 e. The van der Waals surface area contributed by atoms with E-state index in [1.54, 1.807) is 14.2 Å². The van der Waals surface area contributed by atoms with Gasteiger partial charge >= 0.3 is 0 Å². The minimum absolute atomic E-state index is 0.0516. The summed E-state index contributed by atoms with van der Waals surface area (Å²) in [6.07, 6.45) is 5.01. The van der Waals surface area contributed by atoms with Gasteiger partial charge in [0.05, 0.1) is 37.7 Å². The lowest BCUT2D eigenvalue weighted by Crippen LogP contribution is -2.30. The Morgan fingerprint density at radius 3 is 2.58 bits per heavy atom. The van der Waals surface area contributed by atoms with E-state index in [0.29, 0.717) is 11.5 Å². The van der Waals surface area contributed by atoms with Crippen molar-refractivity contribution in [3.63, 3.8) is 0 Å². The summed E-state index contributed by atoms with van der Waals surface area (Å²) in [5.74, 6) is 2.12. The van der Waals surface area contributed by atoms with Crippen molar-refractivity contribution in [2.75, 3.05) is 14.2 Å². The van der Waals surface area contributed by atoms with E-state index in [4.69, 9.17) is 14.5 Å². The Kier molecular flexibility index (Phi) is 7.93. The summed E-state index contributed by atoms with van der Waals surface area (Å²) in [6.45, 7) is 5.12. The number of methoxy groups -OCH3 is 2. The number of para-hydroxylation sites is 2. The van der Waals surface area contributed by atoms with Gasteiger partial charge in [-0.2, -0.15) is 0 Å². The van der Waals surface area contributed by atoms with Crippen LogP contribution in [0.2, 0.25) is 0 Å². The molecule has 6 nitrogen and oxygen atoms in total. The lowest BCUT2D eigenvalue weighted by molar-refractivity contribution is -0.121. The quantitative estimate of drug-likeness (QED) is 0.438. The molecule has 6 heteroatoms. The van der Waals surface area contributed by atoms with E-state index in [-0.39, 0.29) is 18.4 Å². The minimum Gasteiger partial charge on any atom is -0.493 e. The lowest BCUT2D eigenvalue weighted by Gasteiger charge is -2.17. The number of aryl methyl sites for hydroxylation is 1. The zero-order chi connectivity index (χ0) is 22.2. The Morgan fingerprint density at radius 1 is 1.06 bits per heavy atom. The molecule has 0 saturated heterocycles. The maximum absolute atomic E-state index is 12.8. The van der Waals surface area contributed by atoms with E-state index in [0.717, 1.165) is 35.4 Å². The second-order valence-corrected chi connectivity index (χ2v) is 7.83. The van der Waals surface area contributed by atoms with Crippen LogP contribution in [-0.4, -0.2) is 29.7 Å². The summed E-state index contributed by atoms with van der Waals surface area (Å²) in [7, 11) is 3.19. The molecule has 0 spiro atoms. The normalized spacial score (nSPS) is 12.0. The van der Waals surface area contributed by atoms with Gasteiger partial charge in [-0.05, 0) is 43.2 Å². The van der Waals surface area contributed by atoms with Crippen LogP contribution >= 0.6 is 0 Å². The number of carbonyl (C=O) groups is 1. The Hall–Kier alpha value is -3.02. The number of carbonyl (C=O) groups excluding carboxylic acids is 1. The fourth-order valence-electron chi connectivity index (χ4n) is 3.89. The van der Waals surface area contributed by atoms with Crippen molar-refractivity contribution >= 4 is 16.9 Å². The highest BCUT2D eigenvalue weighted by Crippen LogP contribution is 2.28. The van der Waals surface area contributed by atoms with Gasteiger partial charge in [0.1, 0.15) is 5.82 Å². The zero-order valence-corrected chi connectivity index (χ0v) is 19.0. The molecule has 1 unspecified atom stereocenters. The number of hydrogen-bond acceptors (Lipinski definition) is 4. The van der Waals surface area contributed by atoms with Gasteiger partial charge in [-0.15, -0.1) is 0 Å². The molecule has 1 amide bonds. The summed E-state index contributed by atoms with van der Waals surface area (Å²) in [5.41, 5.74) is 2.96. The molecule has 1 aromatic heterocycles. The van der Waals surface area contributed by atoms with E-state index >= 15 is 0 Å². The fraction of sp³-hybridized carbons (Fsp3) is 0.440. The maximum Gasteiger partial charge on any atom is 0.224 e. The van der Waals surface area contributed by atoms with Crippen molar-refractivity contribution in [3.8, 4) is 11.5 Å². The molecule has 2 aromatic carbocycles. The molecule has 0 aliphatic heterocycles. The van der Waals surface area contributed by atoms with Crippen LogP contribution in [0, 0.1) is 0 Å². The monoisotopic (exact) mass is 423 g/mol. The number of hydrogen-bond donors (Lipinski definition) is 1. The van der Waals surface area contributed by atoms with Crippen molar-refractivity contribution in [1.82, 2.24) is 14.9 Å². The first kappa shape index (κ1) is 22.7. The molecule has 0 aliphatic rings. The molecule has 1 atom stereocenters. The largest absolute Gasteiger partial charge is 0.493 e. The van der Waals surface area contributed by atoms with Gasteiger partial charge in [0, 0.05) is 6.54 Å². The Morgan fingerprint density at radius 2 is 1.84 bits per heavy atom. The number of rotatable bonds is 11. The first-order valence-corrected chi connectivity index (χ1v) is 11.0. The van der Waals surface area contributed by atoms with E-state index in [1.165, 1.54) is 19.3 Å². The van der Waals surface area contributed by atoms with E-state index in [9.17, 15) is 4.79 Å². The Bertz CT molecular complexity index is 1010. The summed E-state index contributed by atoms with van der Waals surface area (Å²) in [6, 6.07) is 13.5. The molecule has 166 valence electrons. The third-order valence-corrected chi connectivity index (χ3v) is 5.50. The zero-order valence-electron chi connectivity index (χ0n) is 19.0. The summed E-state index contributed by atoms with van der Waals surface area (Å²) < 4.78 is 12.9. The topological polar surface area (TPSA) is 65.4 Å². The van der Waals surface area contributed by atoms with Crippen LogP contribution in [0.1, 0.15) is 57.0 Å². The standard InChI is InChI=1S/C25H33N3O3/c1-5-6-7-10-15-28-21-12-9-8-11-20(21)27-25(28)18(2)26-24(29)17-19-13-14-22(30-3)23(16-19)31-4/h8-9,11-14,16,18H,5-7,10,15,17H2,1-4H3,(H,26,29). The van der Waals surface area contributed by atoms with Crippen LogP contribution in [0.15, 0.2) is 42.5 Å². The molecular formula is C25H33N3O3. The molecule has 3 aromatic rings. The highest BCUT2D eigenvalue weighted by molar-refractivity contribution is 5.80. The third kappa shape index (κ3) is 5.57. The molecule has 1 N–H and O–H groups in total. The SMILES string of the molecule is CCCCCCn1c(C(C)NC(=O)Cc2ccc(OC)c(OC)c2)nc2ccccc21. The molecule has 0 bridgehead atoms. The number of amides is 1. The van der Waals surface area contributed by atoms with E-state index in [2.05, 4.69) is 22.9 Å². The fourth-order valence-corrected chi connectivity index (χ4v) is 3.89. The molecule has 3 rings (SSSR count). The molecule has 0 saturated carbocycles. The number of benzene rings is 2. The highest BCUT2D eigenvalue weighted by Gasteiger charge is 2.18. The number of nitrogens with one attached hydrogen (secondary N) is 1. The van der Waals surface area contributed by atoms with Gasteiger partial charge in [-0.3, -0.25) is 4.79 Å². The summed E-state index contributed by atoms with van der Waals surface area (Å²) in [5, 5.41) is 3.12. The van der Waals surface area contributed by atoms with Crippen molar-refractivity contribution in [2.24, 2.45) is 0 Å². The molecule has 0 fully saturated rings. The molecule has 0 radical (unpaired) electrons. The van der Waals surface area contributed by atoms with Crippen LogP contribution in [-0.2, 0) is 17.8 Å². The number of ether oxygens (including phenoxy) is 2. The number of fused-ring (bicyclic) bond motifs is 1. The van der Waals surface area contributed by atoms with Crippen LogP contribution in [0.25, 0.3) is 11.0 Å². The van der Waals surface area contributed by atoms with Gasteiger partial charge in [0.2, 0.25) is 5.91 Å². The second kappa shape index (κ2) is 10.8. The minimum atomic E-state index is -0.189.